The van der Waals surface area contributed by atoms with Crippen LogP contribution in [0.2, 0.25) is 0 Å². The summed E-state index contributed by atoms with van der Waals surface area (Å²) < 4.78 is 0. The molecule has 1 aromatic carbocycles. The van der Waals surface area contributed by atoms with Gasteiger partial charge >= 0.3 is 0 Å². The van der Waals surface area contributed by atoms with Gasteiger partial charge in [-0.15, -0.1) is 0 Å². The number of carbonyl (C=O) groups is 1. The molecule has 5 nitrogen and oxygen atoms in total. The number of aromatic amines is 1. The predicted octanol–water partition coefficient (Wildman–Crippen LogP) is 1.83. The summed E-state index contributed by atoms with van der Waals surface area (Å²) in [6.45, 7) is 0. The van der Waals surface area contributed by atoms with Crippen molar-refractivity contribution in [2.75, 3.05) is 5.32 Å². The third kappa shape index (κ3) is 3.43. The first kappa shape index (κ1) is 12.3. The molecule has 0 aliphatic rings. The van der Waals surface area contributed by atoms with E-state index in [4.69, 9.17) is 5.73 Å². The molecule has 0 saturated heterocycles. The average Bonchev–Trinajstić information content (AvgIpc) is 2.90. The second-order valence-electron chi connectivity index (χ2n) is 4.09. The molecule has 0 spiro atoms. The van der Waals surface area contributed by atoms with Gasteiger partial charge in [0.05, 0.1) is 11.9 Å². The van der Waals surface area contributed by atoms with Crippen molar-refractivity contribution in [3.63, 3.8) is 0 Å². The monoisotopic (exact) mass is 244 g/mol. The minimum absolute atomic E-state index is 0.0530. The van der Waals surface area contributed by atoms with E-state index in [0.29, 0.717) is 18.5 Å². The van der Waals surface area contributed by atoms with Gasteiger partial charge in [0.25, 0.3) is 0 Å². The van der Waals surface area contributed by atoms with E-state index >= 15 is 0 Å². The fourth-order valence-electron chi connectivity index (χ4n) is 1.70. The van der Waals surface area contributed by atoms with Crippen LogP contribution < -0.4 is 11.1 Å². The first-order valence-electron chi connectivity index (χ1n) is 5.85. The minimum Gasteiger partial charge on any atom is -0.324 e. The molecule has 4 N–H and O–H groups in total. The van der Waals surface area contributed by atoms with E-state index in [-0.39, 0.29) is 11.9 Å². The van der Waals surface area contributed by atoms with Crippen molar-refractivity contribution >= 4 is 11.6 Å². The first-order chi connectivity index (χ1) is 8.75. The van der Waals surface area contributed by atoms with E-state index in [0.717, 1.165) is 5.56 Å². The van der Waals surface area contributed by atoms with Gasteiger partial charge in [-0.05, 0) is 12.0 Å². The molecule has 0 aliphatic heterocycles. The van der Waals surface area contributed by atoms with Crippen molar-refractivity contribution < 1.29 is 4.79 Å². The van der Waals surface area contributed by atoms with E-state index in [1.807, 2.05) is 30.3 Å². The SMILES string of the molecule is NC(CCC(=O)Nc1cn[nH]c1)c1ccccc1. The molecule has 1 unspecified atom stereocenters. The van der Waals surface area contributed by atoms with Gasteiger partial charge in [0.1, 0.15) is 0 Å². The van der Waals surface area contributed by atoms with Crippen LogP contribution in [-0.4, -0.2) is 16.1 Å². The Morgan fingerprint density at radius 1 is 1.39 bits per heavy atom. The summed E-state index contributed by atoms with van der Waals surface area (Å²) in [5.41, 5.74) is 7.74. The second-order valence-corrected chi connectivity index (χ2v) is 4.09. The Balaban J connectivity index is 1.79. The van der Waals surface area contributed by atoms with Gasteiger partial charge in [0.15, 0.2) is 0 Å². The van der Waals surface area contributed by atoms with Crippen molar-refractivity contribution in [2.45, 2.75) is 18.9 Å². The van der Waals surface area contributed by atoms with Gasteiger partial charge < -0.3 is 11.1 Å². The zero-order valence-electron chi connectivity index (χ0n) is 9.97. The van der Waals surface area contributed by atoms with Crippen molar-refractivity contribution in [3.05, 3.63) is 48.3 Å². The van der Waals surface area contributed by atoms with Crippen LogP contribution in [0.4, 0.5) is 5.69 Å². The zero-order chi connectivity index (χ0) is 12.8. The van der Waals surface area contributed by atoms with Crippen LogP contribution in [0.5, 0.6) is 0 Å². The molecule has 1 atom stereocenters. The number of aromatic nitrogens is 2. The number of hydrogen-bond donors (Lipinski definition) is 3. The number of nitrogens with one attached hydrogen (secondary N) is 2. The van der Waals surface area contributed by atoms with E-state index in [1.165, 1.54) is 0 Å². The highest BCUT2D eigenvalue weighted by atomic mass is 16.1. The number of hydrogen-bond acceptors (Lipinski definition) is 3. The van der Waals surface area contributed by atoms with E-state index in [2.05, 4.69) is 15.5 Å². The highest BCUT2D eigenvalue weighted by molar-refractivity contribution is 5.90. The number of H-pyrrole nitrogens is 1. The van der Waals surface area contributed by atoms with Crippen LogP contribution in [0, 0.1) is 0 Å². The normalized spacial score (nSPS) is 12.1. The molecule has 5 heteroatoms. The average molecular weight is 244 g/mol. The van der Waals surface area contributed by atoms with Gasteiger partial charge in [-0.25, -0.2) is 0 Å². The summed E-state index contributed by atoms with van der Waals surface area (Å²) in [6.07, 6.45) is 4.21. The van der Waals surface area contributed by atoms with Gasteiger partial charge in [0, 0.05) is 18.7 Å². The Labute approximate surface area is 105 Å². The Morgan fingerprint density at radius 3 is 2.83 bits per heavy atom. The van der Waals surface area contributed by atoms with Crippen molar-refractivity contribution in [1.82, 2.24) is 10.2 Å². The van der Waals surface area contributed by atoms with Gasteiger partial charge in [0.2, 0.25) is 5.91 Å². The molecule has 0 saturated carbocycles. The number of rotatable bonds is 5. The standard InChI is InChI=1S/C13H16N4O/c14-12(10-4-2-1-3-5-10)6-7-13(18)17-11-8-15-16-9-11/h1-5,8-9,12H,6-7,14H2,(H,15,16)(H,17,18). The molecule has 94 valence electrons. The molecule has 0 radical (unpaired) electrons. The molecule has 2 rings (SSSR count). The highest BCUT2D eigenvalue weighted by Gasteiger charge is 2.09. The lowest BCUT2D eigenvalue weighted by atomic mass is 10.0. The third-order valence-electron chi connectivity index (χ3n) is 2.69. The van der Waals surface area contributed by atoms with Crippen LogP contribution in [0.3, 0.4) is 0 Å². The molecular formula is C13H16N4O. The van der Waals surface area contributed by atoms with Crippen molar-refractivity contribution in [1.29, 1.82) is 0 Å². The number of anilines is 1. The number of amides is 1. The molecule has 0 bridgehead atoms. The molecule has 18 heavy (non-hydrogen) atoms. The summed E-state index contributed by atoms with van der Waals surface area (Å²) >= 11 is 0. The van der Waals surface area contributed by atoms with Crippen LogP contribution in [0.25, 0.3) is 0 Å². The largest absolute Gasteiger partial charge is 0.324 e. The predicted molar refractivity (Wildman–Crippen MR) is 69.8 cm³/mol. The summed E-state index contributed by atoms with van der Waals surface area (Å²) in [7, 11) is 0. The lowest BCUT2D eigenvalue weighted by Crippen LogP contribution is -2.16. The van der Waals surface area contributed by atoms with Crippen molar-refractivity contribution in [2.24, 2.45) is 5.73 Å². The quantitative estimate of drug-likeness (QED) is 0.750. The van der Waals surface area contributed by atoms with Crippen LogP contribution in [-0.2, 0) is 4.79 Å². The molecular weight excluding hydrogens is 228 g/mol. The van der Waals surface area contributed by atoms with Crippen molar-refractivity contribution in [3.8, 4) is 0 Å². The maximum absolute atomic E-state index is 11.6. The summed E-state index contributed by atoms with van der Waals surface area (Å²) in [5.74, 6) is -0.0530. The van der Waals surface area contributed by atoms with Gasteiger partial charge in [-0.3, -0.25) is 9.89 Å². The molecule has 0 fully saturated rings. The number of nitrogens with zero attached hydrogens (tertiary/aromatic N) is 1. The summed E-state index contributed by atoms with van der Waals surface area (Å²) in [6, 6.07) is 9.67. The minimum atomic E-state index is -0.110. The maximum Gasteiger partial charge on any atom is 0.224 e. The van der Waals surface area contributed by atoms with Crippen LogP contribution >= 0.6 is 0 Å². The third-order valence-corrected chi connectivity index (χ3v) is 2.69. The fourth-order valence-corrected chi connectivity index (χ4v) is 1.70. The van der Waals surface area contributed by atoms with Crippen LogP contribution in [0.15, 0.2) is 42.7 Å². The summed E-state index contributed by atoms with van der Waals surface area (Å²) in [4.78, 5) is 11.6. The maximum atomic E-state index is 11.6. The molecule has 1 amide bonds. The molecule has 0 aliphatic carbocycles. The number of carbonyl (C=O) groups excluding carboxylic acids is 1. The van der Waals surface area contributed by atoms with Gasteiger partial charge in [-0.1, -0.05) is 30.3 Å². The molecule has 1 heterocycles. The Morgan fingerprint density at radius 2 is 2.17 bits per heavy atom. The van der Waals surface area contributed by atoms with E-state index < -0.39 is 0 Å². The zero-order valence-corrected chi connectivity index (χ0v) is 9.97. The Kier molecular flexibility index (Phi) is 4.09. The fraction of sp³-hybridized carbons (Fsp3) is 0.231. The Hall–Kier alpha value is -2.14. The number of nitrogens with two attached hydrogens (primary N) is 1. The molecule has 1 aromatic heterocycles. The summed E-state index contributed by atoms with van der Waals surface area (Å²) in [5, 5.41) is 9.13. The Bertz CT molecular complexity index is 481. The van der Waals surface area contributed by atoms with E-state index in [9.17, 15) is 4.79 Å². The molecule has 2 aromatic rings. The lowest BCUT2D eigenvalue weighted by molar-refractivity contribution is -0.116. The lowest BCUT2D eigenvalue weighted by Gasteiger charge is -2.11. The number of benzene rings is 1. The smallest absolute Gasteiger partial charge is 0.224 e. The second kappa shape index (κ2) is 5.97. The van der Waals surface area contributed by atoms with Gasteiger partial charge in [-0.2, -0.15) is 5.10 Å². The first-order valence-corrected chi connectivity index (χ1v) is 5.85. The van der Waals surface area contributed by atoms with Crippen LogP contribution in [0.1, 0.15) is 24.4 Å². The highest BCUT2D eigenvalue weighted by Crippen LogP contribution is 2.15. The van der Waals surface area contributed by atoms with E-state index in [1.54, 1.807) is 12.4 Å². The topological polar surface area (TPSA) is 83.8 Å².